The fraction of sp³-hybridized carbons (Fsp3) is 0.286. The van der Waals surface area contributed by atoms with Crippen LogP contribution in [0.25, 0.3) is 6.08 Å². The van der Waals surface area contributed by atoms with E-state index >= 15 is 0 Å². The van der Waals surface area contributed by atoms with Crippen LogP contribution in [0, 0.1) is 0 Å². The fourth-order valence-electron chi connectivity index (χ4n) is 3.20. The minimum absolute atomic E-state index is 0.174. The van der Waals surface area contributed by atoms with Crippen molar-refractivity contribution in [1.82, 2.24) is 9.21 Å². The Labute approximate surface area is 171 Å². The molecule has 29 heavy (non-hydrogen) atoms. The van der Waals surface area contributed by atoms with Crippen molar-refractivity contribution in [3.63, 3.8) is 0 Å². The van der Waals surface area contributed by atoms with E-state index in [4.69, 9.17) is 9.47 Å². The van der Waals surface area contributed by atoms with E-state index in [1.165, 1.54) is 10.4 Å². The van der Waals surface area contributed by atoms with Crippen molar-refractivity contribution in [1.29, 1.82) is 0 Å². The molecule has 0 radical (unpaired) electrons. The van der Waals surface area contributed by atoms with Gasteiger partial charge in [-0.2, -0.15) is 4.31 Å². The smallest absolute Gasteiger partial charge is 0.246 e. The monoisotopic (exact) mass is 416 g/mol. The summed E-state index contributed by atoms with van der Waals surface area (Å²) in [5.74, 6) is 0.964. The molecule has 0 aliphatic carbocycles. The second kappa shape index (κ2) is 9.11. The van der Waals surface area contributed by atoms with Crippen molar-refractivity contribution in [2.45, 2.75) is 4.90 Å². The number of carbonyl (C=O) groups is 1. The first-order valence-corrected chi connectivity index (χ1v) is 10.6. The molecular formula is C21H24N2O5S. The zero-order chi connectivity index (χ0) is 20.9. The zero-order valence-corrected chi connectivity index (χ0v) is 17.3. The number of benzene rings is 2. The molecule has 1 aliphatic heterocycles. The normalized spacial score (nSPS) is 15.4. The third kappa shape index (κ3) is 4.60. The van der Waals surface area contributed by atoms with Crippen molar-refractivity contribution >= 4 is 22.0 Å². The fourth-order valence-corrected chi connectivity index (χ4v) is 4.64. The van der Waals surface area contributed by atoms with Gasteiger partial charge in [0.15, 0.2) is 11.5 Å². The van der Waals surface area contributed by atoms with E-state index in [9.17, 15) is 13.2 Å². The van der Waals surface area contributed by atoms with Gasteiger partial charge in [-0.3, -0.25) is 4.79 Å². The molecule has 8 heteroatoms. The number of rotatable bonds is 6. The third-order valence-electron chi connectivity index (χ3n) is 4.77. The highest BCUT2D eigenvalue weighted by Crippen LogP contribution is 2.31. The number of amides is 1. The van der Waals surface area contributed by atoms with Gasteiger partial charge in [0.2, 0.25) is 15.9 Å². The molecule has 0 atom stereocenters. The molecule has 154 valence electrons. The van der Waals surface area contributed by atoms with Gasteiger partial charge in [0.1, 0.15) is 0 Å². The van der Waals surface area contributed by atoms with Gasteiger partial charge < -0.3 is 14.4 Å². The van der Waals surface area contributed by atoms with Crippen molar-refractivity contribution in [3.8, 4) is 11.5 Å². The Balaban J connectivity index is 1.65. The van der Waals surface area contributed by atoms with E-state index < -0.39 is 10.0 Å². The summed E-state index contributed by atoms with van der Waals surface area (Å²) in [6, 6.07) is 13.8. The minimum atomic E-state index is -3.54. The quantitative estimate of drug-likeness (QED) is 0.675. The maximum atomic E-state index is 12.7. The Bertz CT molecular complexity index is 981. The maximum absolute atomic E-state index is 12.7. The van der Waals surface area contributed by atoms with Gasteiger partial charge in [-0.25, -0.2) is 8.42 Å². The van der Waals surface area contributed by atoms with Gasteiger partial charge in [-0.05, 0) is 24.3 Å². The number of carbonyl (C=O) groups excluding carboxylic acids is 1. The zero-order valence-electron chi connectivity index (χ0n) is 16.4. The van der Waals surface area contributed by atoms with Crippen molar-refractivity contribution in [2.75, 3.05) is 40.4 Å². The summed E-state index contributed by atoms with van der Waals surface area (Å²) in [6.45, 7) is 1.20. The molecule has 2 aromatic rings. The van der Waals surface area contributed by atoms with E-state index in [1.54, 1.807) is 61.6 Å². The number of methoxy groups -OCH3 is 2. The summed E-state index contributed by atoms with van der Waals surface area (Å²) in [6.07, 6.45) is 3.15. The Morgan fingerprint density at radius 1 is 0.931 bits per heavy atom. The van der Waals surface area contributed by atoms with Crippen LogP contribution in [0.2, 0.25) is 0 Å². The van der Waals surface area contributed by atoms with Gasteiger partial charge in [0.05, 0.1) is 19.1 Å². The second-order valence-corrected chi connectivity index (χ2v) is 8.40. The molecule has 0 N–H and O–H groups in total. The van der Waals surface area contributed by atoms with Gasteiger partial charge in [-0.15, -0.1) is 0 Å². The largest absolute Gasteiger partial charge is 0.493 e. The molecule has 2 aromatic carbocycles. The van der Waals surface area contributed by atoms with Gasteiger partial charge in [0.25, 0.3) is 0 Å². The Morgan fingerprint density at radius 3 is 2.24 bits per heavy atom. The van der Waals surface area contributed by atoms with Crippen LogP contribution >= 0.6 is 0 Å². The molecule has 0 unspecified atom stereocenters. The van der Waals surface area contributed by atoms with Crippen LogP contribution < -0.4 is 9.47 Å². The van der Waals surface area contributed by atoms with Crippen LogP contribution in [-0.2, 0) is 14.8 Å². The first-order chi connectivity index (χ1) is 14.0. The van der Waals surface area contributed by atoms with Crippen LogP contribution in [0.1, 0.15) is 5.56 Å². The summed E-state index contributed by atoms with van der Waals surface area (Å²) >= 11 is 0. The molecule has 3 rings (SSSR count). The molecule has 0 bridgehead atoms. The van der Waals surface area contributed by atoms with Gasteiger partial charge >= 0.3 is 0 Å². The van der Waals surface area contributed by atoms with Crippen LogP contribution in [0.5, 0.6) is 11.5 Å². The summed E-state index contributed by atoms with van der Waals surface area (Å²) in [7, 11) is -0.436. The number of sulfonamides is 1. The highest BCUT2D eigenvalue weighted by Gasteiger charge is 2.29. The lowest BCUT2D eigenvalue weighted by Crippen LogP contribution is -2.50. The Morgan fingerprint density at radius 2 is 1.62 bits per heavy atom. The second-order valence-electron chi connectivity index (χ2n) is 6.46. The molecular weight excluding hydrogens is 392 g/mol. The van der Waals surface area contributed by atoms with Crippen molar-refractivity contribution in [2.24, 2.45) is 0 Å². The molecule has 1 aliphatic rings. The molecule has 1 saturated heterocycles. The number of ether oxygens (including phenoxy) is 2. The third-order valence-corrected chi connectivity index (χ3v) is 6.68. The molecule has 1 amide bonds. The van der Waals surface area contributed by atoms with E-state index in [0.29, 0.717) is 24.6 Å². The Kier molecular flexibility index (Phi) is 6.56. The van der Waals surface area contributed by atoms with Crippen LogP contribution in [0.15, 0.2) is 59.5 Å². The molecule has 1 fully saturated rings. The molecule has 0 spiro atoms. The molecule has 0 saturated carbocycles. The average molecular weight is 416 g/mol. The number of hydrogen-bond donors (Lipinski definition) is 0. The lowest BCUT2D eigenvalue weighted by molar-refractivity contribution is -0.127. The van der Waals surface area contributed by atoms with Crippen LogP contribution in [-0.4, -0.2) is 63.9 Å². The van der Waals surface area contributed by atoms with E-state index in [-0.39, 0.29) is 23.9 Å². The number of piperazine rings is 1. The number of hydrogen-bond acceptors (Lipinski definition) is 5. The minimum Gasteiger partial charge on any atom is -0.493 e. The highest BCUT2D eigenvalue weighted by molar-refractivity contribution is 7.89. The highest BCUT2D eigenvalue weighted by atomic mass is 32.2. The topological polar surface area (TPSA) is 76.2 Å². The predicted octanol–water partition coefficient (Wildman–Crippen LogP) is 2.25. The van der Waals surface area contributed by atoms with E-state index in [1.807, 2.05) is 12.1 Å². The van der Waals surface area contributed by atoms with Crippen molar-refractivity contribution < 1.29 is 22.7 Å². The first-order valence-electron chi connectivity index (χ1n) is 9.20. The summed E-state index contributed by atoms with van der Waals surface area (Å²) in [5.41, 5.74) is 0.727. The maximum Gasteiger partial charge on any atom is 0.246 e. The average Bonchev–Trinajstić information content (AvgIpc) is 2.77. The lowest BCUT2D eigenvalue weighted by Gasteiger charge is -2.33. The summed E-state index contributed by atoms with van der Waals surface area (Å²) in [5, 5.41) is 0. The van der Waals surface area contributed by atoms with Gasteiger partial charge in [0, 0.05) is 37.8 Å². The van der Waals surface area contributed by atoms with E-state index in [0.717, 1.165) is 5.56 Å². The van der Waals surface area contributed by atoms with Gasteiger partial charge in [-0.1, -0.05) is 30.3 Å². The first kappa shape index (κ1) is 20.9. The van der Waals surface area contributed by atoms with Crippen molar-refractivity contribution in [3.05, 3.63) is 60.2 Å². The summed E-state index contributed by atoms with van der Waals surface area (Å²) < 4.78 is 37.4. The van der Waals surface area contributed by atoms with Crippen LogP contribution in [0.4, 0.5) is 0 Å². The molecule has 1 heterocycles. The molecule has 7 nitrogen and oxygen atoms in total. The summed E-state index contributed by atoms with van der Waals surface area (Å²) in [4.78, 5) is 14.5. The number of para-hydroxylation sites is 1. The van der Waals surface area contributed by atoms with Crippen LogP contribution in [0.3, 0.4) is 0 Å². The lowest BCUT2D eigenvalue weighted by atomic mass is 10.1. The standard InChI is InChI=1S/C21H24N2O5S/c1-27-19-10-6-7-17(21(19)28-2)11-12-20(24)22-13-15-23(16-14-22)29(25,26)18-8-4-3-5-9-18/h3-12H,13-16H2,1-2H3. The number of nitrogens with zero attached hydrogens (tertiary/aromatic N) is 2. The SMILES string of the molecule is COc1cccc(C=CC(=O)N2CCN(S(=O)(=O)c3ccccc3)CC2)c1OC. The Hall–Kier alpha value is -2.84. The predicted molar refractivity (Wildman–Crippen MR) is 110 cm³/mol. The molecule has 0 aromatic heterocycles. The van der Waals surface area contributed by atoms with E-state index in [2.05, 4.69) is 0 Å².